The second-order valence-electron chi connectivity index (χ2n) is 4.91. The molecule has 1 unspecified atom stereocenters. The van der Waals surface area contributed by atoms with Gasteiger partial charge >= 0.3 is 0 Å². The molecule has 0 bridgehead atoms. The lowest BCUT2D eigenvalue weighted by atomic mass is 10.1. The SMILES string of the molecule is CCCC(Oc1ccc(-c2ccccc2)cc1Cl)C(=O)NN. The number of halogens is 1. The van der Waals surface area contributed by atoms with Crippen LogP contribution in [0.5, 0.6) is 5.75 Å². The summed E-state index contributed by atoms with van der Waals surface area (Å²) in [5.74, 6) is 5.30. The van der Waals surface area contributed by atoms with E-state index in [0.717, 1.165) is 17.5 Å². The number of hydrogen-bond acceptors (Lipinski definition) is 3. The Morgan fingerprint density at radius 1 is 1.23 bits per heavy atom. The largest absolute Gasteiger partial charge is 0.479 e. The van der Waals surface area contributed by atoms with Crippen LogP contribution in [0.15, 0.2) is 48.5 Å². The summed E-state index contributed by atoms with van der Waals surface area (Å²) in [5, 5.41) is 0.465. The van der Waals surface area contributed by atoms with Gasteiger partial charge in [-0.15, -0.1) is 0 Å². The Bertz CT molecular complexity index is 632. The van der Waals surface area contributed by atoms with E-state index in [2.05, 4.69) is 5.43 Å². The number of rotatable bonds is 6. The Morgan fingerprint density at radius 2 is 1.95 bits per heavy atom. The minimum atomic E-state index is -0.643. The van der Waals surface area contributed by atoms with Gasteiger partial charge in [0.05, 0.1) is 5.02 Å². The van der Waals surface area contributed by atoms with Gasteiger partial charge in [-0.05, 0) is 29.7 Å². The average molecular weight is 319 g/mol. The number of ether oxygens (including phenoxy) is 1. The van der Waals surface area contributed by atoms with Crippen LogP contribution in [0.2, 0.25) is 5.02 Å². The molecule has 2 rings (SSSR count). The maximum absolute atomic E-state index is 11.7. The molecule has 2 aromatic rings. The molecule has 3 N–H and O–H groups in total. The van der Waals surface area contributed by atoms with Gasteiger partial charge in [0.1, 0.15) is 5.75 Å². The van der Waals surface area contributed by atoms with Crippen LogP contribution in [0.4, 0.5) is 0 Å². The molecule has 0 radical (unpaired) electrons. The second-order valence-corrected chi connectivity index (χ2v) is 5.32. The summed E-state index contributed by atoms with van der Waals surface area (Å²) in [4.78, 5) is 11.7. The molecule has 0 aromatic heterocycles. The van der Waals surface area contributed by atoms with Gasteiger partial charge in [-0.3, -0.25) is 10.2 Å². The Labute approximate surface area is 135 Å². The molecule has 4 nitrogen and oxygen atoms in total. The highest BCUT2D eigenvalue weighted by Gasteiger charge is 2.19. The van der Waals surface area contributed by atoms with Gasteiger partial charge in [0.15, 0.2) is 6.10 Å². The van der Waals surface area contributed by atoms with E-state index >= 15 is 0 Å². The van der Waals surface area contributed by atoms with Crippen molar-refractivity contribution in [3.63, 3.8) is 0 Å². The summed E-state index contributed by atoms with van der Waals surface area (Å²) in [6.45, 7) is 1.97. The van der Waals surface area contributed by atoms with Crippen molar-refractivity contribution in [2.45, 2.75) is 25.9 Å². The molecule has 0 aliphatic rings. The lowest BCUT2D eigenvalue weighted by Gasteiger charge is -2.18. The fourth-order valence-corrected chi connectivity index (χ4v) is 2.38. The van der Waals surface area contributed by atoms with Crippen LogP contribution < -0.4 is 16.0 Å². The first kappa shape index (κ1) is 16.3. The Balaban J connectivity index is 2.20. The first-order chi connectivity index (χ1) is 10.7. The zero-order valence-electron chi connectivity index (χ0n) is 12.4. The number of nitrogens with two attached hydrogens (primary N) is 1. The highest BCUT2D eigenvalue weighted by Crippen LogP contribution is 2.31. The molecule has 0 fully saturated rings. The van der Waals surface area contributed by atoms with Gasteiger partial charge in [-0.25, -0.2) is 5.84 Å². The van der Waals surface area contributed by atoms with Gasteiger partial charge in [0.25, 0.3) is 5.91 Å². The highest BCUT2D eigenvalue weighted by molar-refractivity contribution is 6.32. The molecule has 2 aromatic carbocycles. The molecule has 0 saturated carbocycles. The van der Waals surface area contributed by atoms with Crippen LogP contribution >= 0.6 is 11.6 Å². The van der Waals surface area contributed by atoms with E-state index in [1.165, 1.54) is 0 Å². The van der Waals surface area contributed by atoms with Gasteiger partial charge in [-0.1, -0.05) is 61.3 Å². The minimum absolute atomic E-state index is 0.356. The van der Waals surface area contributed by atoms with E-state index < -0.39 is 6.10 Å². The van der Waals surface area contributed by atoms with Crippen LogP contribution in [0, 0.1) is 0 Å². The smallest absolute Gasteiger partial charge is 0.274 e. The summed E-state index contributed by atoms with van der Waals surface area (Å²) >= 11 is 6.28. The topological polar surface area (TPSA) is 64.3 Å². The predicted molar refractivity (Wildman–Crippen MR) is 88.5 cm³/mol. The molecule has 1 amide bonds. The van der Waals surface area contributed by atoms with Crippen LogP contribution in [-0.2, 0) is 4.79 Å². The lowest BCUT2D eigenvalue weighted by Crippen LogP contribution is -2.42. The maximum Gasteiger partial charge on any atom is 0.274 e. The van der Waals surface area contributed by atoms with Gasteiger partial charge < -0.3 is 4.74 Å². The number of carbonyl (C=O) groups excluding carboxylic acids is 1. The minimum Gasteiger partial charge on any atom is -0.479 e. The van der Waals surface area contributed by atoms with E-state index in [1.807, 2.05) is 49.4 Å². The predicted octanol–water partition coefficient (Wildman–Crippen LogP) is 3.54. The van der Waals surface area contributed by atoms with Crippen molar-refractivity contribution in [2.24, 2.45) is 5.84 Å². The normalized spacial score (nSPS) is 11.8. The van der Waals surface area contributed by atoms with Crippen molar-refractivity contribution in [3.8, 4) is 16.9 Å². The highest BCUT2D eigenvalue weighted by atomic mass is 35.5. The number of amides is 1. The summed E-state index contributed by atoms with van der Waals surface area (Å²) in [5.41, 5.74) is 4.18. The molecular formula is C17H19ClN2O2. The first-order valence-electron chi connectivity index (χ1n) is 7.17. The maximum atomic E-state index is 11.7. The molecule has 22 heavy (non-hydrogen) atoms. The van der Waals surface area contributed by atoms with E-state index in [1.54, 1.807) is 6.07 Å². The third-order valence-electron chi connectivity index (χ3n) is 3.29. The molecular weight excluding hydrogens is 300 g/mol. The lowest BCUT2D eigenvalue weighted by molar-refractivity contribution is -0.128. The summed E-state index contributed by atoms with van der Waals surface area (Å²) in [7, 11) is 0. The molecule has 0 aliphatic carbocycles. The molecule has 5 heteroatoms. The number of nitrogens with one attached hydrogen (secondary N) is 1. The number of carbonyl (C=O) groups is 1. The number of hydrazine groups is 1. The van der Waals surface area contributed by atoms with Crippen molar-refractivity contribution in [1.29, 1.82) is 0 Å². The van der Waals surface area contributed by atoms with E-state index in [9.17, 15) is 4.79 Å². The van der Waals surface area contributed by atoms with Crippen molar-refractivity contribution >= 4 is 17.5 Å². The molecule has 0 heterocycles. The van der Waals surface area contributed by atoms with Crippen LogP contribution in [0.1, 0.15) is 19.8 Å². The zero-order chi connectivity index (χ0) is 15.9. The zero-order valence-corrected chi connectivity index (χ0v) is 13.1. The third kappa shape index (κ3) is 4.00. The average Bonchev–Trinajstić information content (AvgIpc) is 2.56. The van der Waals surface area contributed by atoms with Crippen molar-refractivity contribution in [3.05, 3.63) is 53.6 Å². The monoisotopic (exact) mass is 318 g/mol. The van der Waals surface area contributed by atoms with E-state index in [-0.39, 0.29) is 5.91 Å². The van der Waals surface area contributed by atoms with Crippen molar-refractivity contribution in [2.75, 3.05) is 0 Å². The first-order valence-corrected chi connectivity index (χ1v) is 7.55. The third-order valence-corrected chi connectivity index (χ3v) is 3.59. The Kier molecular flexibility index (Phi) is 5.81. The fourth-order valence-electron chi connectivity index (χ4n) is 2.16. The summed E-state index contributed by atoms with van der Waals surface area (Å²) in [6.07, 6.45) is 0.729. The van der Waals surface area contributed by atoms with Gasteiger partial charge in [-0.2, -0.15) is 0 Å². The van der Waals surface area contributed by atoms with Crippen LogP contribution in [0.3, 0.4) is 0 Å². The Hall–Kier alpha value is -2.04. The standard InChI is InChI=1S/C17H19ClN2O2/c1-2-6-16(17(21)20-19)22-15-10-9-13(11-14(15)18)12-7-4-3-5-8-12/h3-5,7-11,16H,2,6,19H2,1H3,(H,20,21). The quantitative estimate of drug-likeness (QED) is 0.486. The van der Waals surface area contributed by atoms with E-state index in [0.29, 0.717) is 17.2 Å². The fraction of sp³-hybridized carbons (Fsp3) is 0.235. The Morgan fingerprint density at radius 3 is 2.55 bits per heavy atom. The van der Waals surface area contributed by atoms with Crippen molar-refractivity contribution < 1.29 is 9.53 Å². The molecule has 0 saturated heterocycles. The van der Waals surface area contributed by atoms with Gasteiger partial charge in [0, 0.05) is 0 Å². The van der Waals surface area contributed by atoms with Crippen LogP contribution in [-0.4, -0.2) is 12.0 Å². The van der Waals surface area contributed by atoms with Crippen LogP contribution in [0.25, 0.3) is 11.1 Å². The van der Waals surface area contributed by atoms with E-state index in [4.69, 9.17) is 22.2 Å². The van der Waals surface area contributed by atoms with Gasteiger partial charge in [0.2, 0.25) is 0 Å². The second kappa shape index (κ2) is 7.82. The number of benzene rings is 2. The molecule has 0 spiro atoms. The summed E-state index contributed by atoms with van der Waals surface area (Å²) in [6, 6.07) is 15.4. The molecule has 0 aliphatic heterocycles. The van der Waals surface area contributed by atoms with Crippen molar-refractivity contribution in [1.82, 2.24) is 5.43 Å². The molecule has 116 valence electrons. The summed E-state index contributed by atoms with van der Waals surface area (Å²) < 4.78 is 5.71. The number of hydrogen-bond donors (Lipinski definition) is 2. The molecule has 1 atom stereocenters.